The van der Waals surface area contributed by atoms with Crippen molar-refractivity contribution in [3.63, 3.8) is 0 Å². The summed E-state index contributed by atoms with van der Waals surface area (Å²) in [6.07, 6.45) is 8.50. The van der Waals surface area contributed by atoms with Crippen molar-refractivity contribution in [3.8, 4) is 10.7 Å². The highest BCUT2D eigenvalue weighted by atomic mass is 32.1. The molecule has 2 fully saturated rings. The van der Waals surface area contributed by atoms with Crippen LogP contribution >= 0.6 is 11.3 Å². The van der Waals surface area contributed by atoms with Crippen LogP contribution in [0.25, 0.3) is 10.7 Å². The van der Waals surface area contributed by atoms with Gasteiger partial charge in [0.25, 0.3) is 0 Å². The fourth-order valence-corrected chi connectivity index (χ4v) is 3.81. The molecule has 0 aliphatic carbocycles. The first-order valence-corrected chi connectivity index (χ1v) is 7.02. The summed E-state index contributed by atoms with van der Waals surface area (Å²) >= 11 is 1.75. The summed E-state index contributed by atoms with van der Waals surface area (Å²) in [6, 6.07) is 4.71. The van der Waals surface area contributed by atoms with Crippen LogP contribution < -0.4 is 0 Å². The highest BCUT2D eigenvalue weighted by molar-refractivity contribution is 7.13. The predicted molar refractivity (Wildman–Crippen MR) is 67.1 cm³/mol. The van der Waals surface area contributed by atoms with E-state index in [2.05, 4.69) is 33.3 Å². The average molecular weight is 246 g/mol. The molecule has 2 saturated heterocycles. The molecule has 3 nitrogen and oxygen atoms in total. The van der Waals surface area contributed by atoms with Crippen molar-refractivity contribution in [1.29, 1.82) is 0 Å². The summed E-state index contributed by atoms with van der Waals surface area (Å²) < 4.78 is 8.25. The van der Waals surface area contributed by atoms with Gasteiger partial charge in [0.15, 0.2) is 0 Å². The molecule has 4 heterocycles. The summed E-state index contributed by atoms with van der Waals surface area (Å²) in [6.45, 7) is 0. The van der Waals surface area contributed by atoms with Crippen molar-refractivity contribution < 1.29 is 4.74 Å². The SMILES string of the molecule is c1csc(-c2nccn2[C@@H]2C[C@@H]3CC[C@H]2O3)c1. The Bertz CT molecular complexity index is 519. The molecule has 0 spiro atoms. The van der Waals surface area contributed by atoms with E-state index in [1.54, 1.807) is 11.3 Å². The Balaban J connectivity index is 1.73. The van der Waals surface area contributed by atoms with Gasteiger partial charge in [0.05, 0.1) is 23.1 Å². The van der Waals surface area contributed by atoms with Gasteiger partial charge in [-0.25, -0.2) is 4.98 Å². The molecule has 0 saturated carbocycles. The molecule has 2 aromatic rings. The minimum Gasteiger partial charge on any atom is -0.373 e. The van der Waals surface area contributed by atoms with Gasteiger partial charge in [0, 0.05) is 12.4 Å². The third kappa shape index (κ3) is 1.47. The van der Waals surface area contributed by atoms with E-state index >= 15 is 0 Å². The molecule has 2 aromatic heterocycles. The van der Waals surface area contributed by atoms with Crippen LogP contribution in [0, 0.1) is 0 Å². The van der Waals surface area contributed by atoms with Crippen LogP contribution in [0.5, 0.6) is 0 Å². The molecule has 4 rings (SSSR count). The molecule has 2 aliphatic heterocycles. The molecule has 17 heavy (non-hydrogen) atoms. The second kappa shape index (κ2) is 3.68. The van der Waals surface area contributed by atoms with Crippen molar-refractivity contribution in [3.05, 3.63) is 29.9 Å². The van der Waals surface area contributed by atoms with E-state index in [-0.39, 0.29) is 0 Å². The molecular weight excluding hydrogens is 232 g/mol. The average Bonchev–Trinajstić information content (AvgIpc) is 3.12. The third-order valence-corrected chi connectivity index (χ3v) is 4.71. The Morgan fingerprint density at radius 3 is 3.12 bits per heavy atom. The number of ether oxygens (including phenoxy) is 1. The van der Waals surface area contributed by atoms with Crippen LogP contribution in [0.3, 0.4) is 0 Å². The maximum atomic E-state index is 5.94. The lowest BCUT2D eigenvalue weighted by atomic mass is 9.95. The minimum atomic E-state index is 0.410. The molecule has 0 amide bonds. The number of thiophene rings is 1. The van der Waals surface area contributed by atoms with E-state index in [1.807, 2.05) is 6.20 Å². The maximum absolute atomic E-state index is 5.94. The summed E-state index contributed by atoms with van der Waals surface area (Å²) in [5.41, 5.74) is 0. The quantitative estimate of drug-likeness (QED) is 0.814. The van der Waals surface area contributed by atoms with Crippen molar-refractivity contribution >= 4 is 11.3 Å². The molecule has 2 aliphatic rings. The number of rotatable bonds is 2. The highest BCUT2D eigenvalue weighted by Crippen LogP contribution is 2.43. The third-order valence-electron chi connectivity index (χ3n) is 3.84. The zero-order valence-electron chi connectivity index (χ0n) is 9.45. The molecule has 0 N–H and O–H groups in total. The van der Waals surface area contributed by atoms with Crippen LogP contribution in [-0.2, 0) is 4.74 Å². The van der Waals surface area contributed by atoms with E-state index in [0.29, 0.717) is 18.2 Å². The van der Waals surface area contributed by atoms with Crippen LogP contribution in [0.2, 0.25) is 0 Å². The summed E-state index contributed by atoms with van der Waals surface area (Å²) in [4.78, 5) is 5.75. The van der Waals surface area contributed by atoms with E-state index in [9.17, 15) is 0 Å². The van der Waals surface area contributed by atoms with Crippen molar-refractivity contribution in [1.82, 2.24) is 9.55 Å². The monoisotopic (exact) mass is 246 g/mol. The van der Waals surface area contributed by atoms with E-state index in [1.165, 1.54) is 17.7 Å². The highest BCUT2D eigenvalue weighted by Gasteiger charge is 2.42. The lowest BCUT2D eigenvalue weighted by molar-refractivity contribution is 0.0940. The van der Waals surface area contributed by atoms with E-state index in [0.717, 1.165) is 12.2 Å². The van der Waals surface area contributed by atoms with Gasteiger partial charge in [0.2, 0.25) is 0 Å². The normalized spacial score (nSPS) is 31.2. The molecular formula is C13H14N2OS. The van der Waals surface area contributed by atoms with Gasteiger partial charge >= 0.3 is 0 Å². The van der Waals surface area contributed by atoms with Gasteiger partial charge in [-0.2, -0.15) is 0 Å². The summed E-state index contributed by atoms with van der Waals surface area (Å²) in [7, 11) is 0. The number of nitrogens with zero attached hydrogens (tertiary/aromatic N) is 2. The minimum absolute atomic E-state index is 0.410. The number of hydrogen-bond donors (Lipinski definition) is 0. The molecule has 3 atom stereocenters. The first kappa shape index (κ1) is 9.85. The standard InChI is InChI=1S/C13H14N2OS/c1-2-12(17-7-1)13-14-5-6-15(13)10-8-9-3-4-11(10)16-9/h1-2,5-7,9-11H,3-4,8H2/t9-,10+,11+/m0/s1. The van der Waals surface area contributed by atoms with Gasteiger partial charge in [-0.05, 0) is 30.7 Å². The molecule has 0 radical (unpaired) electrons. The van der Waals surface area contributed by atoms with Crippen LogP contribution in [0.15, 0.2) is 29.9 Å². The fourth-order valence-electron chi connectivity index (χ4n) is 3.08. The largest absolute Gasteiger partial charge is 0.373 e. The second-order valence-corrected chi connectivity index (χ2v) is 5.76. The summed E-state index contributed by atoms with van der Waals surface area (Å²) in [5, 5.41) is 2.10. The maximum Gasteiger partial charge on any atom is 0.150 e. The number of imidazole rings is 1. The molecule has 88 valence electrons. The summed E-state index contributed by atoms with van der Waals surface area (Å²) in [5.74, 6) is 1.10. The molecule has 0 aromatic carbocycles. The van der Waals surface area contributed by atoms with Gasteiger partial charge in [-0.15, -0.1) is 11.3 Å². The Hall–Kier alpha value is -1.13. The Kier molecular flexibility index (Phi) is 2.13. The molecule has 4 heteroatoms. The van der Waals surface area contributed by atoms with Gasteiger partial charge in [0.1, 0.15) is 5.82 Å². The Morgan fingerprint density at radius 2 is 2.41 bits per heavy atom. The zero-order chi connectivity index (χ0) is 11.2. The molecule has 2 bridgehead atoms. The first-order valence-electron chi connectivity index (χ1n) is 6.14. The van der Waals surface area contributed by atoms with Crippen molar-refractivity contribution in [2.45, 2.75) is 37.5 Å². The van der Waals surface area contributed by atoms with Crippen LogP contribution in [0.1, 0.15) is 25.3 Å². The van der Waals surface area contributed by atoms with Crippen molar-refractivity contribution in [2.24, 2.45) is 0 Å². The van der Waals surface area contributed by atoms with E-state index in [4.69, 9.17) is 4.74 Å². The fraction of sp³-hybridized carbons (Fsp3) is 0.462. The van der Waals surface area contributed by atoms with E-state index < -0.39 is 0 Å². The van der Waals surface area contributed by atoms with Crippen molar-refractivity contribution in [2.75, 3.05) is 0 Å². The molecule has 0 unspecified atom stereocenters. The Labute approximate surface area is 104 Å². The zero-order valence-corrected chi connectivity index (χ0v) is 10.3. The number of hydrogen-bond acceptors (Lipinski definition) is 3. The van der Waals surface area contributed by atoms with Crippen LogP contribution in [-0.4, -0.2) is 21.8 Å². The number of fused-ring (bicyclic) bond motifs is 2. The predicted octanol–water partition coefficient (Wildman–Crippen LogP) is 3.10. The topological polar surface area (TPSA) is 27.1 Å². The van der Waals surface area contributed by atoms with Gasteiger partial charge in [-0.1, -0.05) is 6.07 Å². The van der Waals surface area contributed by atoms with Gasteiger partial charge < -0.3 is 9.30 Å². The smallest absolute Gasteiger partial charge is 0.150 e. The Morgan fingerprint density at radius 1 is 1.41 bits per heavy atom. The lowest BCUT2D eigenvalue weighted by Gasteiger charge is -2.21. The van der Waals surface area contributed by atoms with Crippen LogP contribution in [0.4, 0.5) is 0 Å². The first-order chi connectivity index (χ1) is 8.42. The number of aromatic nitrogens is 2. The lowest BCUT2D eigenvalue weighted by Crippen LogP contribution is -2.20. The van der Waals surface area contributed by atoms with Gasteiger partial charge in [-0.3, -0.25) is 0 Å². The second-order valence-electron chi connectivity index (χ2n) is 4.81.